The van der Waals surface area contributed by atoms with Gasteiger partial charge in [0.2, 0.25) is 5.91 Å². The van der Waals surface area contributed by atoms with Crippen LogP contribution >= 0.6 is 0 Å². The fraction of sp³-hybridized carbons (Fsp3) is 0.783. The lowest BCUT2D eigenvalue weighted by atomic mass is 9.89. The molecule has 0 bridgehead atoms. The molecule has 1 aliphatic carbocycles. The SMILES string of the molecule is CCC(C)C(=O)N1CCc2nc(C3CCN(C4CCCCC4)CC3)[nH]c(=O)c2C1. The second-order valence-electron chi connectivity index (χ2n) is 9.30. The van der Waals surface area contributed by atoms with Crippen LogP contribution in [0.2, 0.25) is 0 Å². The summed E-state index contributed by atoms with van der Waals surface area (Å²) in [7, 11) is 0. The number of hydrogen-bond donors (Lipinski definition) is 1. The van der Waals surface area contributed by atoms with E-state index in [4.69, 9.17) is 4.98 Å². The molecule has 1 unspecified atom stereocenters. The number of H-pyrrole nitrogens is 1. The Morgan fingerprint density at radius 3 is 2.55 bits per heavy atom. The Morgan fingerprint density at radius 2 is 1.86 bits per heavy atom. The summed E-state index contributed by atoms with van der Waals surface area (Å²) < 4.78 is 0. The summed E-state index contributed by atoms with van der Waals surface area (Å²) in [4.78, 5) is 37.8. The zero-order chi connectivity index (χ0) is 20.4. The van der Waals surface area contributed by atoms with Crippen LogP contribution in [0.25, 0.3) is 0 Å². The van der Waals surface area contributed by atoms with E-state index in [0.29, 0.717) is 31.0 Å². The number of carbonyl (C=O) groups is 1. The molecule has 0 spiro atoms. The number of carbonyl (C=O) groups excluding carboxylic acids is 1. The molecule has 0 aromatic carbocycles. The quantitative estimate of drug-likeness (QED) is 0.843. The first-order valence-electron chi connectivity index (χ1n) is 11.7. The number of amides is 1. The summed E-state index contributed by atoms with van der Waals surface area (Å²) in [6.45, 7) is 7.30. The number of hydrogen-bond acceptors (Lipinski definition) is 4. The summed E-state index contributed by atoms with van der Waals surface area (Å²) in [5, 5.41) is 0. The van der Waals surface area contributed by atoms with Gasteiger partial charge in [0.15, 0.2) is 0 Å². The van der Waals surface area contributed by atoms with Gasteiger partial charge in [0.05, 0.1) is 17.8 Å². The van der Waals surface area contributed by atoms with Gasteiger partial charge in [0.25, 0.3) is 5.56 Å². The van der Waals surface area contributed by atoms with Crippen LogP contribution < -0.4 is 5.56 Å². The van der Waals surface area contributed by atoms with Crippen LogP contribution in [0.15, 0.2) is 4.79 Å². The van der Waals surface area contributed by atoms with Crippen molar-refractivity contribution in [2.24, 2.45) is 5.92 Å². The number of nitrogens with one attached hydrogen (secondary N) is 1. The highest BCUT2D eigenvalue weighted by atomic mass is 16.2. The van der Waals surface area contributed by atoms with Crippen molar-refractivity contribution in [2.45, 2.75) is 90.1 Å². The van der Waals surface area contributed by atoms with Gasteiger partial charge in [-0.25, -0.2) is 4.98 Å². The molecule has 2 aliphatic heterocycles. The molecule has 1 aromatic heterocycles. The molecule has 29 heavy (non-hydrogen) atoms. The summed E-state index contributed by atoms with van der Waals surface area (Å²) in [6, 6.07) is 0.772. The number of aromatic nitrogens is 2. The molecule has 1 N–H and O–H groups in total. The number of fused-ring (bicyclic) bond motifs is 1. The first-order valence-corrected chi connectivity index (χ1v) is 11.7. The molecule has 1 amide bonds. The van der Waals surface area contributed by atoms with Gasteiger partial charge in [-0.05, 0) is 45.2 Å². The van der Waals surface area contributed by atoms with Crippen LogP contribution in [0.1, 0.15) is 88.2 Å². The van der Waals surface area contributed by atoms with Gasteiger partial charge in [0, 0.05) is 30.8 Å². The van der Waals surface area contributed by atoms with Crippen LogP contribution in [0, 0.1) is 5.92 Å². The van der Waals surface area contributed by atoms with Gasteiger partial charge in [-0.1, -0.05) is 33.1 Å². The van der Waals surface area contributed by atoms with Crippen LogP contribution in [0.4, 0.5) is 0 Å². The number of aromatic amines is 1. The minimum Gasteiger partial charge on any atom is -0.337 e. The van der Waals surface area contributed by atoms with Crippen LogP contribution in [0.3, 0.4) is 0 Å². The Balaban J connectivity index is 1.42. The lowest BCUT2D eigenvalue weighted by Crippen LogP contribution is -2.43. The molecule has 6 heteroatoms. The highest BCUT2D eigenvalue weighted by Crippen LogP contribution is 2.31. The normalized spacial score (nSPS) is 23.0. The molecule has 6 nitrogen and oxygen atoms in total. The largest absolute Gasteiger partial charge is 0.337 e. The molecular weight excluding hydrogens is 364 g/mol. The topological polar surface area (TPSA) is 69.3 Å². The lowest BCUT2D eigenvalue weighted by molar-refractivity contribution is -0.136. The van der Waals surface area contributed by atoms with E-state index in [2.05, 4.69) is 9.88 Å². The summed E-state index contributed by atoms with van der Waals surface area (Å²) in [6.07, 6.45) is 10.5. The van der Waals surface area contributed by atoms with Gasteiger partial charge >= 0.3 is 0 Å². The van der Waals surface area contributed by atoms with Crippen molar-refractivity contribution in [1.82, 2.24) is 19.8 Å². The Morgan fingerprint density at radius 1 is 1.14 bits per heavy atom. The number of nitrogens with zero attached hydrogens (tertiary/aromatic N) is 3. The van der Waals surface area contributed by atoms with Gasteiger partial charge in [-0.2, -0.15) is 0 Å². The maximum Gasteiger partial charge on any atom is 0.256 e. The van der Waals surface area contributed by atoms with E-state index in [1.807, 2.05) is 18.7 Å². The summed E-state index contributed by atoms with van der Waals surface area (Å²) >= 11 is 0. The predicted molar refractivity (Wildman–Crippen MR) is 114 cm³/mol. The highest BCUT2D eigenvalue weighted by Gasteiger charge is 2.30. The zero-order valence-corrected chi connectivity index (χ0v) is 18.1. The van der Waals surface area contributed by atoms with E-state index in [-0.39, 0.29) is 17.4 Å². The molecule has 3 aliphatic rings. The standard InChI is InChI=1S/C23H36N4O2/c1-3-16(2)23(29)27-14-11-20-19(15-27)22(28)25-21(24-20)17-9-12-26(13-10-17)18-7-5-4-6-8-18/h16-18H,3-15H2,1-2H3,(H,24,25,28). The van der Waals surface area contributed by atoms with Crippen molar-refractivity contribution < 1.29 is 4.79 Å². The smallest absolute Gasteiger partial charge is 0.256 e. The molecule has 1 aromatic rings. The van der Waals surface area contributed by atoms with Crippen molar-refractivity contribution in [3.05, 3.63) is 27.4 Å². The average molecular weight is 401 g/mol. The maximum atomic E-state index is 12.8. The molecule has 1 saturated carbocycles. The monoisotopic (exact) mass is 400 g/mol. The van der Waals surface area contributed by atoms with Gasteiger partial charge in [-0.3, -0.25) is 9.59 Å². The fourth-order valence-electron chi connectivity index (χ4n) is 5.30. The molecule has 3 heterocycles. The Bertz CT molecular complexity index is 776. The molecule has 160 valence electrons. The maximum absolute atomic E-state index is 12.8. The molecule has 4 rings (SSSR count). The molecule has 0 radical (unpaired) electrons. The summed E-state index contributed by atoms with van der Waals surface area (Å²) in [5.74, 6) is 1.39. The van der Waals surface area contributed by atoms with E-state index < -0.39 is 0 Å². The molecule has 1 saturated heterocycles. The van der Waals surface area contributed by atoms with Crippen molar-refractivity contribution in [2.75, 3.05) is 19.6 Å². The number of rotatable bonds is 4. The van der Waals surface area contributed by atoms with E-state index in [1.165, 1.54) is 32.1 Å². The minimum atomic E-state index is -0.0404. The zero-order valence-electron chi connectivity index (χ0n) is 18.1. The molecular formula is C23H36N4O2. The first-order chi connectivity index (χ1) is 14.1. The van der Waals surface area contributed by atoms with Gasteiger partial charge < -0.3 is 14.8 Å². The third kappa shape index (κ3) is 4.42. The molecule has 1 atom stereocenters. The summed E-state index contributed by atoms with van der Waals surface area (Å²) in [5.41, 5.74) is 1.56. The van der Waals surface area contributed by atoms with Crippen LogP contribution in [-0.4, -0.2) is 51.4 Å². The second-order valence-corrected chi connectivity index (χ2v) is 9.30. The van der Waals surface area contributed by atoms with Gasteiger partial charge in [-0.15, -0.1) is 0 Å². The van der Waals surface area contributed by atoms with E-state index in [9.17, 15) is 9.59 Å². The van der Waals surface area contributed by atoms with Crippen molar-refractivity contribution in [1.29, 1.82) is 0 Å². The molecule has 2 fully saturated rings. The lowest BCUT2D eigenvalue weighted by Gasteiger charge is -2.39. The number of likely N-dealkylation sites (tertiary alicyclic amines) is 1. The Hall–Kier alpha value is -1.69. The predicted octanol–water partition coefficient (Wildman–Crippen LogP) is 3.21. The van der Waals surface area contributed by atoms with Crippen LogP contribution in [0.5, 0.6) is 0 Å². The Labute approximate surface area is 174 Å². The van der Waals surface area contributed by atoms with Crippen molar-refractivity contribution in [3.63, 3.8) is 0 Å². The Kier molecular flexibility index (Phi) is 6.38. The van der Waals surface area contributed by atoms with Crippen molar-refractivity contribution >= 4 is 5.91 Å². The van der Waals surface area contributed by atoms with Gasteiger partial charge in [0.1, 0.15) is 5.82 Å². The van der Waals surface area contributed by atoms with Crippen molar-refractivity contribution in [3.8, 4) is 0 Å². The second kappa shape index (κ2) is 8.99. The first kappa shape index (κ1) is 20.6. The third-order valence-corrected chi connectivity index (χ3v) is 7.44. The fourth-order valence-corrected chi connectivity index (χ4v) is 5.30. The van der Waals surface area contributed by atoms with Crippen LogP contribution in [-0.2, 0) is 17.8 Å². The highest BCUT2D eigenvalue weighted by molar-refractivity contribution is 5.78. The van der Waals surface area contributed by atoms with E-state index in [0.717, 1.165) is 49.9 Å². The van der Waals surface area contributed by atoms with E-state index in [1.54, 1.807) is 0 Å². The average Bonchev–Trinajstić information content (AvgIpc) is 2.78. The van der Waals surface area contributed by atoms with E-state index >= 15 is 0 Å². The third-order valence-electron chi connectivity index (χ3n) is 7.44. The number of piperidine rings is 1. The minimum absolute atomic E-state index is 0.0113.